The molecule has 1 fully saturated rings. The molecular formula is C11H16N4O. The summed E-state index contributed by atoms with van der Waals surface area (Å²) in [6.45, 7) is 6.44. The zero-order chi connectivity index (χ0) is 11.6. The van der Waals surface area contributed by atoms with Gasteiger partial charge in [-0.05, 0) is 13.8 Å². The van der Waals surface area contributed by atoms with Crippen LogP contribution in [0.5, 0.6) is 0 Å². The lowest BCUT2D eigenvalue weighted by Gasteiger charge is -2.42. The zero-order valence-corrected chi connectivity index (χ0v) is 9.60. The molecule has 0 saturated carbocycles. The molecule has 0 atom stereocenters. The number of aromatic nitrogens is 2. The third-order valence-electron chi connectivity index (χ3n) is 2.83. The maximum Gasteiger partial charge on any atom is 0.274 e. The van der Waals surface area contributed by atoms with Gasteiger partial charge in [0, 0.05) is 32.0 Å². The predicted molar refractivity (Wildman–Crippen MR) is 60.0 cm³/mol. The van der Waals surface area contributed by atoms with Gasteiger partial charge in [0.1, 0.15) is 5.69 Å². The van der Waals surface area contributed by atoms with E-state index in [4.69, 9.17) is 0 Å². The Labute approximate surface area is 94.9 Å². The van der Waals surface area contributed by atoms with Crippen LogP contribution in [0.1, 0.15) is 24.3 Å². The molecule has 1 aromatic rings. The molecule has 5 nitrogen and oxygen atoms in total. The minimum atomic E-state index is -0.174. The fraction of sp³-hybridized carbons (Fsp3) is 0.545. The summed E-state index contributed by atoms with van der Waals surface area (Å²) < 4.78 is 0. The number of nitrogens with one attached hydrogen (secondary N) is 1. The number of carbonyl (C=O) groups excluding carboxylic acids is 1. The molecular weight excluding hydrogens is 204 g/mol. The van der Waals surface area contributed by atoms with Crippen molar-refractivity contribution in [2.45, 2.75) is 19.4 Å². The molecule has 1 aliphatic rings. The third kappa shape index (κ3) is 2.04. The summed E-state index contributed by atoms with van der Waals surface area (Å²) in [4.78, 5) is 22.0. The van der Waals surface area contributed by atoms with E-state index in [0.717, 1.165) is 13.1 Å². The van der Waals surface area contributed by atoms with E-state index < -0.39 is 0 Å². The maximum absolute atomic E-state index is 12.2. The smallest absolute Gasteiger partial charge is 0.274 e. The van der Waals surface area contributed by atoms with Crippen LogP contribution in [0.25, 0.3) is 0 Å². The van der Waals surface area contributed by atoms with Crippen molar-refractivity contribution < 1.29 is 4.79 Å². The summed E-state index contributed by atoms with van der Waals surface area (Å²) in [6.07, 6.45) is 4.63. The van der Waals surface area contributed by atoms with E-state index >= 15 is 0 Å². The Balaban J connectivity index is 2.21. The Morgan fingerprint density at radius 2 is 2.31 bits per heavy atom. The second-order valence-electron chi connectivity index (χ2n) is 4.54. The van der Waals surface area contributed by atoms with Crippen molar-refractivity contribution in [3.8, 4) is 0 Å². The summed E-state index contributed by atoms with van der Waals surface area (Å²) in [7, 11) is 0. The first-order valence-electron chi connectivity index (χ1n) is 5.40. The van der Waals surface area contributed by atoms with Crippen LogP contribution >= 0.6 is 0 Å². The number of nitrogens with zero attached hydrogens (tertiary/aromatic N) is 3. The summed E-state index contributed by atoms with van der Waals surface area (Å²) in [5.74, 6) is -0.0420. The van der Waals surface area contributed by atoms with Gasteiger partial charge in [0.25, 0.3) is 5.91 Å². The van der Waals surface area contributed by atoms with Crippen LogP contribution in [0.3, 0.4) is 0 Å². The lowest BCUT2D eigenvalue weighted by Crippen LogP contribution is -2.59. The molecule has 0 aliphatic carbocycles. The first-order chi connectivity index (χ1) is 7.61. The maximum atomic E-state index is 12.2. The SMILES string of the molecule is CC1(C)CNCCN1C(=O)c1cnccn1. The molecule has 1 aromatic heterocycles. The van der Waals surface area contributed by atoms with Crippen molar-refractivity contribution in [2.24, 2.45) is 0 Å². The standard InChI is InChI=1S/C11H16N4O/c1-11(2)8-13-5-6-15(11)10(16)9-7-12-3-4-14-9/h3-4,7,13H,5-6,8H2,1-2H3. The fourth-order valence-electron chi connectivity index (χ4n) is 1.91. The molecule has 2 rings (SSSR count). The topological polar surface area (TPSA) is 58.1 Å². The second-order valence-corrected chi connectivity index (χ2v) is 4.54. The van der Waals surface area contributed by atoms with Crippen molar-refractivity contribution in [1.29, 1.82) is 0 Å². The lowest BCUT2D eigenvalue weighted by molar-refractivity contribution is 0.0471. The zero-order valence-electron chi connectivity index (χ0n) is 9.60. The van der Waals surface area contributed by atoms with Gasteiger partial charge < -0.3 is 10.2 Å². The second kappa shape index (κ2) is 4.17. The molecule has 1 N–H and O–H groups in total. The van der Waals surface area contributed by atoms with Crippen molar-refractivity contribution in [1.82, 2.24) is 20.2 Å². The highest BCUT2D eigenvalue weighted by Gasteiger charge is 2.34. The van der Waals surface area contributed by atoms with Gasteiger partial charge in [0.2, 0.25) is 0 Å². The minimum Gasteiger partial charge on any atom is -0.330 e. The Morgan fingerprint density at radius 1 is 1.50 bits per heavy atom. The van der Waals surface area contributed by atoms with Crippen LogP contribution in [-0.2, 0) is 0 Å². The Hall–Kier alpha value is -1.49. The van der Waals surface area contributed by atoms with Gasteiger partial charge >= 0.3 is 0 Å². The minimum absolute atomic E-state index is 0.0420. The largest absolute Gasteiger partial charge is 0.330 e. The fourth-order valence-corrected chi connectivity index (χ4v) is 1.91. The molecule has 0 bridgehead atoms. The highest BCUT2D eigenvalue weighted by atomic mass is 16.2. The van der Waals surface area contributed by atoms with E-state index in [2.05, 4.69) is 15.3 Å². The van der Waals surface area contributed by atoms with E-state index in [1.165, 1.54) is 6.20 Å². The van der Waals surface area contributed by atoms with Gasteiger partial charge in [0.15, 0.2) is 0 Å². The molecule has 16 heavy (non-hydrogen) atoms. The lowest BCUT2D eigenvalue weighted by atomic mass is 10.00. The van der Waals surface area contributed by atoms with E-state index in [9.17, 15) is 4.79 Å². The number of rotatable bonds is 1. The number of carbonyl (C=O) groups is 1. The van der Waals surface area contributed by atoms with Crippen LogP contribution in [0.2, 0.25) is 0 Å². The number of hydrogen-bond acceptors (Lipinski definition) is 4. The summed E-state index contributed by atoms with van der Waals surface area (Å²) >= 11 is 0. The van der Waals surface area contributed by atoms with E-state index in [1.54, 1.807) is 12.4 Å². The van der Waals surface area contributed by atoms with Gasteiger partial charge in [-0.3, -0.25) is 9.78 Å². The van der Waals surface area contributed by atoms with Crippen molar-refractivity contribution in [2.75, 3.05) is 19.6 Å². The molecule has 2 heterocycles. The van der Waals surface area contributed by atoms with Crippen LogP contribution in [-0.4, -0.2) is 45.9 Å². The van der Waals surface area contributed by atoms with E-state index in [0.29, 0.717) is 12.2 Å². The predicted octanol–water partition coefficient (Wildman–Crippen LogP) is 0.301. The number of amides is 1. The van der Waals surface area contributed by atoms with E-state index in [1.807, 2.05) is 18.7 Å². The quantitative estimate of drug-likeness (QED) is 0.739. The van der Waals surface area contributed by atoms with Gasteiger partial charge in [-0.25, -0.2) is 4.98 Å². The van der Waals surface area contributed by atoms with Crippen LogP contribution in [0.4, 0.5) is 0 Å². The van der Waals surface area contributed by atoms with Crippen molar-refractivity contribution in [3.05, 3.63) is 24.3 Å². The third-order valence-corrected chi connectivity index (χ3v) is 2.83. The normalized spacial score (nSPS) is 19.5. The summed E-state index contributed by atoms with van der Waals surface area (Å²) in [5.41, 5.74) is 0.241. The molecule has 86 valence electrons. The van der Waals surface area contributed by atoms with Gasteiger partial charge in [-0.2, -0.15) is 0 Å². The summed E-state index contributed by atoms with van der Waals surface area (Å²) in [5, 5.41) is 3.28. The molecule has 1 aliphatic heterocycles. The Kier molecular flexibility index (Phi) is 2.87. The molecule has 0 unspecified atom stereocenters. The molecule has 0 aromatic carbocycles. The van der Waals surface area contributed by atoms with Crippen molar-refractivity contribution in [3.63, 3.8) is 0 Å². The number of piperazine rings is 1. The van der Waals surface area contributed by atoms with Gasteiger partial charge in [0.05, 0.1) is 11.7 Å². The van der Waals surface area contributed by atoms with Crippen LogP contribution in [0.15, 0.2) is 18.6 Å². The van der Waals surface area contributed by atoms with Crippen molar-refractivity contribution >= 4 is 5.91 Å². The van der Waals surface area contributed by atoms with Gasteiger partial charge in [-0.15, -0.1) is 0 Å². The highest BCUT2D eigenvalue weighted by Crippen LogP contribution is 2.18. The highest BCUT2D eigenvalue weighted by molar-refractivity contribution is 5.92. The average molecular weight is 220 g/mol. The number of hydrogen-bond donors (Lipinski definition) is 1. The average Bonchev–Trinajstić information content (AvgIpc) is 2.29. The first kappa shape index (κ1) is 11.0. The monoisotopic (exact) mass is 220 g/mol. The summed E-state index contributed by atoms with van der Waals surface area (Å²) in [6, 6.07) is 0. The molecule has 0 radical (unpaired) electrons. The molecule has 0 spiro atoms. The first-order valence-corrected chi connectivity index (χ1v) is 5.40. The Morgan fingerprint density at radius 3 is 2.94 bits per heavy atom. The Bertz CT molecular complexity index is 377. The van der Waals surface area contributed by atoms with Crippen LogP contribution in [0, 0.1) is 0 Å². The van der Waals surface area contributed by atoms with Crippen LogP contribution < -0.4 is 5.32 Å². The molecule has 1 amide bonds. The van der Waals surface area contributed by atoms with E-state index in [-0.39, 0.29) is 11.4 Å². The molecule has 1 saturated heterocycles. The van der Waals surface area contributed by atoms with Gasteiger partial charge in [-0.1, -0.05) is 0 Å². The molecule has 5 heteroatoms.